The van der Waals surface area contributed by atoms with Crippen molar-refractivity contribution in [1.29, 1.82) is 0 Å². The maximum absolute atomic E-state index is 11.7. The first-order chi connectivity index (χ1) is 8.49. The number of hydrogen-bond donors (Lipinski definition) is 1. The maximum atomic E-state index is 11.7. The number of amides is 1. The van der Waals surface area contributed by atoms with Crippen molar-refractivity contribution in [2.24, 2.45) is 5.73 Å². The molecule has 0 aromatic heterocycles. The van der Waals surface area contributed by atoms with E-state index >= 15 is 0 Å². The molecule has 0 radical (unpaired) electrons. The SMILES string of the molecule is CCc1cc(CN(C)C(=O)C(C)N)ccc1OC. The second kappa shape index (κ2) is 6.40. The Bertz CT molecular complexity index is 416. The van der Waals surface area contributed by atoms with Gasteiger partial charge in [-0.1, -0.05) is 19.1 Å². The lowest BCUT2D eigenvalue weighted by Crippen LogP contribution is -2.39. The van der Waals surface area contributed by atoms with E-state index in [1.807, 2.05) is 12.1 Å². The van der Waals surface area contributed by atoms with Gasteiger partial charge >= 0.3 is 0 Å². The Hall–Kier alpha value is -1.55. The molecule has 1 unspecified atom stereocenters. The summed E-state index contributed by atoms with van der Waals surface area (Å²) in [5.41, 5.74) is 7.82. The number of hydrogen-bond acceptors (Lipinski definition) is 3. The molecule has 0 heterocycles. The third kappa shape index (κ3) is 3.47. The topological polar surface area (TPSA) is 55.6 Å². The number of ether oxygens (including phenoxy) is 1. The fraction of sp³-hybridized carbons (Fsp3) is 0.500. The average molecular weight is 250 g/mol. The first-order valence-corrected chi connectivity index (χ1v) is 6.16. The van der Waals surface area contributed by atoms with E-state index in [1.165, 1.54) is 0 Å². The van der Waals surface area contributed by atoms with Gasteiger partial charge in [0, 0.05) is 13.6 Å². The molecule has 0 saturated heterocycles. The molecule has 0 spiro atoms. The molecule has 0 aliphatic carbocycles. The fourth-order valence-electron chi connectivity index (χ4n) is 1.91. The van der Waals surface area contributed by atoms with Crippen LogP contribution in [-0.4, -0.2) is 31.0 Å². The van der Waals surface area contributed by atoms with Gasteiger partial charge in [-0.05, 0) is 30.5 Å². The van der Waals surface area contributed by atoms with Crippen LogP contribution in [0.4, 0.5) is 0 Å². The molecule has 1 atom stereocenters. The number of rotatable bonds is 5. The highest BCUT2D eigenvalue weighted by atomic mass is 16.5. The first kappa shape index (κ1) is 14.5. The van der Waals surface area contributed by atoms with E-state index in [9.17, 15) is 4.79 Å². The number of methoxy groups -OCH3 is 1. The third-order valence-electron chi connectivity index (χ3n) is 2.91. The van der Waals surface area contributed by atoms with Crippen molar-refractivity contribution < 1.29 is 9.53 Å². The Morgan fingerprint density at radius 2 is 2.17 bits per heavy atom. The molecule has 1 amide bonds. The van der Waals surface area contributed by atoms with Gasteiger partial charge < -0.3 is 15.4 Å². The summed E-state index contributed by atoms with van der Waals surface area (Å²) in [4.78, 5) is 13.3. The van der Waals surface area contributed by atoms with Gasteiger partial charge in [0.05, 0.1) is 13.2 Å². The van der Waals surface area contributed by atoms with Crippen LogP contribution in [0.25, 0.3) is 0 Å². The lowest BCUT2D eigenvalue weighted by Gasteiger charge is -2.20. The molecule has 0 bridgehead atoms. The zero-order chi connectivity index (χ0) is 13.7. The number of benzene rings is 1. The van der Waals surface area contributed by atoms with Crippen molar-refractivity contribution >= 4 is 5.91 Å². The minimum absolute atomic E-state index is 0.0520. The largest absolute Gasteiger partial charge is 0.496 e. The lowest BCUT2D eigenvalue weighted by atomic mass is 10.1. The minimum Gasteiger partial charge on any atom is -0.496 e. The van der Waals surface area contributed by atoms with Crippen LogP contribution in [0.2, 0.25) is 0 Å². The Labute approximate surface area is 109 Å². The molecule has 0 aliphatic heterocycles. The number of likely N-dealkylation sites (N-methyl/N-ethyl adjacent to an activating group) is 1. The van der Waals surface area contributed by atoms with Crippen molar-refractivity contribution in [1.82, 2.24) is 4.90 Å². The van der Waals surface area contributed by atoms with Gasteiger partial charge in [0.15, 0.2) is 0 Å². The Kier molecular flexibility index (Phi) is 5.16. The third-order valence-corrected chi connectivity index (χ3v) is 2.91. The summed E-state index contributed by atoms with van der Waals surface area (Å²) in [7, 11) is 3.43. The van der Waals surface area contributed by atoms with Crippen LogP contribution in [0.1, 0.15) is 25.0 Å². The van der Waals surface area contributed by atoms with Crippen LogP contribution in [0, 0.1) is 0 Å². The van der Waals surface area contributed by atoms with Crippen LogP contribution >= 0.6 is 0 Å². The Morgan fingerprint density at radius 3 is 2.67 bits per heavy atom. The van der Waals surface area contributed by atoms with Crippen molar-refractivity contribution in [3.8, 4) is 5.75 Å². The molecule has 100 valence electrons. The summed E-state index contributed by atoms with van der Waals surface area (Å²) in [6.45, 7) is 4.35. The van der Waals surface area contributed by atoms with Crippen LogP contribution in [0.5, 0.6) is 5.75 Å². The van der Waals surface area contributed by atoms with E-state index in [0.717, 1.165) is 23.3 Å². The Morgan fingerprint density at radius 1 is 1.50 bits per heavy atom. The number of nitrogens with zero attached hydrogens (tertiary/aromatic N) is 1. The summed E-state index contributed by atoms with van der Waals surface area (Å²) in [6.07, 6.45) is 0.905. The molecule has 18 heavy (non-hydrogen) atoms. The van der Waals surface area contributed by atoms with E-state index in [-0.39, 0.29) is 5.91 Å². The number of carbonyl (C=O) groups excluding carboxylic acids is 1. The molecule has 4 heteroatoms. The molecular weight excluding hydrogens is 228 g/mol. The van der Waals surface area contributed by atoms with Crippen LogP contribution in [0.15, 0.2) is 18.2 Å². The van der Waals surface area contributed by atoms with E-state index in [4.69, 9.17) is 10.5 Å². The van der Waals surface area contributed by atoms with Gasteiger partial charge in [-0.3, -0.25) is 4.79 Å². The van der Waals surface area contributed by atoms with Gasteiger partial charge in [0.25, 0.3) is 0 Å². The smallest absolute Gasteiger partial charge is 0.239 e. The normalized spacial score (nSPS) is 12.1. The molecule has 0 saturated carbocycles. The minimum atomic E-state index is -0.459. The van der Waals surface area contributed by atoms with Crippen molar-refractivity contribution in [3.05, 3.63) is 29.3 Å². The number of nitrogens with two attached hydrogens (primary N) is 1. The van der Waals surface area contributed by atoms with Crippen molar-refractivity contribution in [3.63, 3.8) is 0 Å². The summed E-state index contributed by atoms with van der Waals surface area (Å²) in [5.74, 6) is 0.839. The highest BCUT2D eigenvalue weighted by Crippen LogP contribution is 2.21. The van der Waals surface area contributed by atoms with Crippen LogP contribution in [0.3, 0.4) is 0 Å². The van der Waals surface area contributed by atoms with Gasteiger partial charge in [0.1, 0.15) is 5.75 Å². The van der Waals surface area contributed by atoms with E-state index in [2.05, 4.69) is 13.0 Å². The van der Waals surface area contributed by atoms with E-state index < -0.39 is 6.04 Å². The molecule has 4 nitrogen and oxygen atoms in total. The summed E-state index contributed by atoms with van der Waals surface area (Å²) >= 11 is 0. The van der Waals surface area contributed by atoms with Gasteiger partial charge in [-0.15, -0.1) is 0 Å². The summed E-state index contributed by atoms with van der Waals surface area (Å²) in [6, 6.07) is 5.53. The number of aryl methyl sites for hydroxylation is 1. The molecule has 1 rings (SSSR count). The van der Waals surface area contributed by atoms with Gasteiger partial charge in [-0.2, -0.15) is 0 Å². The second-order valence-electron chi connectivity index (χ2n) is 4.48. The fourth-order valence-corrected chi connectivity index (χ4v) is 1.91. The zero-order valence-electron chi connectivity index (χ0n) is 11.6. The molecular formula is C14H22N2O2. The number of carbonyl (C=O) groups is 1. The predicted octanol–water partition coefficient (Wildman–Crippen LogP) is 1.56. The summed E-state index contributed by atoms with van der Waals surface area (Å²) < 4.78 is 5.28. The molecule has 1 aromatic carbocycles. The van der Waals surface area contributed by atoms with Crippen molar-refractivity contribution in [2.75, 3.05) is 14.2 Å². The Balaban J connectivity index is 2.82. The monoisotopic (exact) mass is 250 g/mol. The van der Waals surface area contributed by atoms with Crippen molar-refractivity contribution in [2.45, 2.75) is 32.9 Å². The maximum Gasteiger partial charge on any atom is 0.239 e. The molecule has 0 aliphatic rings. The zero-order valence-corrected chi connectivity index (χ0v) is 11.6. The molecule has 2 N–H and O–H groups in total. The van der Waals surface area contributed by atoms with Gasteiger partial charge in [-0.25, -0.2) is 0 Å². The predicted molar refractivity (Wildman–Crippen MR) is 72.5 cm³/mol. The summed E-state index contributed by atoms with van der Waals surface area (Å²) in [5, 5.41) is 0. The second-order valence-corrected chi connectivity index (χ2v) is 4.48. The lowest BCUT2D eigenvalue weighted by molar-refractivity contribution is -0.131. The van der Waals surface area contributed by atoms with E-state index in [0.29, 0.717) is 6.54 Å². The average Bonchev–Trinajstić information content (AvgIpc) is 2.37. The highest BCUT2D eigenvalue weighted by molar-refractivity contribution is 5.80. The van der Waals surface area contributed by atoms with E-state index in [1.54, 1.807) is 26.0 Å². The van der Waals surface area contributed by atoms with Crippen LogP contribution < -0.4 is 10.5 Å². The molecule has 1 aromatic rings. The van der Waals surface area contributed by atoms with Gasteiger partial charge in [0.2, 0.25) is 5.91 Å². The quantitative estimate of drug-likeness (QED) is 0.863. The molecule has 0 fully saturated rings. The highest BCUT2D eigenvalue weighted by Gasteiger charge is 2.14. The van der Waals surface area contributed by atoms with Crippen LogP contribution in [-0.2, 0) is 17.8 Å². The standard InChI is InChI=1S/C14H22N2O2/c1-5-12-8-11(6-7-13(12)18-4)9-16(3)14(17)10(2)15/h6-8,10H,5,9,15H2,1-4H3. The first-order valence-electron chi connectivity index (χ1n) is 6.16.